The fourth-order valence-corrected chi connectivity index (χ4v) is 5.81. The van der Waals surface area contributed by atoms with Crippen LogP contribution >= 0.6 is 0 Å². The summed E-state index contributed by atoms with van der Waals surface area (Å²) in [4.78, 5) is 14.5. The number of aromatic carboxylic acids is 1. The summed E-state index contributed by atoms with van der Waals surface area (Å²) in [5, 5.41) is 11.4. The molecule has 0 saturated carbocycles. The Hall–Kier alpha value is -3.90. The molecule has 1 N–H and O–H groups in total. The van der Waals surface area contributed by atoms with Crippen LogP contribution in [0.1, 0.15) is 59.5 Å². The number of unbranched alkanes of at least 4 members (excludes halogenated alkanes) is 2. The Labute approximate surface area is 238 Å². The minimum atomic E-state index is -4.40. The Balaban J connectivity index is 1.37. The second-order valence-corrected chi connectivity index (χ2v) is 10.9. The number of benzene rings is 4. The molecule has 1 fully saturated rings. The molecular weight excluding hydrogens is 523 g/mol. The number of allylic oxidation sites excluding steroid dienone is 1. The molecule has 0 amide bonds. The Bertz CT molecular complexity index is 1520. The summed E-state index contributed by atoms with van der Waals surface area (Å²) in [6, 6.07) is 22.4. The molecule has 0 bridgehead atoms. The molecule has 0 aliphatic carbocycles. The maximum atomic E-state index is 13.0. The molecule has 0 unspecified atom stereocenters. The molecule has 0 spiro atoms. The number of hydrogen-bond donors (Lipinski definition) is 1. The molecule has 4 aromatic carbocycles. The van der Waals surface area contributed by atoms with Gasteiger partial charge in [-0.1, -0.05) is 54.6 Å². The summed E-state index contributed by atoms with van der Waals surface area (Å²) in [6.45, 7) is 7.15. The predicted octanol–water partition coefficient (Wildman–Crippen LogP) is 9.43. The number of nitrogens with zero attached hydrogens (tertiary/aromatic N) is 1. The largest absolute Gasteiger partial charge is 0.478 e. The van der Waals surface area contributed by atoms with Crippen molar-refractivity contribution in [1.82, 2.24) is 4.90 Å². The van der Waals surface area contributed by atoms with Gasteiger partial charge in [-0.05, 0) is 127 Å². The van der Waals surface area contributed by atoms with Crippen molar-refractivity contribution in [2.45, 2.75) is 44.2 Å². The molecule has 1 heterocycles. The molecule has 3 nitrogen and oxygen atoms in total. The summed E-state index contributed by atoms with van der Waals surface area (Å²) in [5.74, 6) is -0.511. The molecule has 212 valence electrons. The van der Waals surface area contributed by atoms with Gasteiger partial charge in [-0.2, -0.15) is 13.2 Å². The van der Waals surface area contributed by atoms with E-state index in [1.54, 1.807) is 12.1 Å². The third kappa shape index (κ3) is 6.71. The fraction of sp³-hybridized carbons (Fsp3) is 0.286. The van der Waals surface area contributed by atoms with Gasteiger partial charge in [0.2, 0.25) is 0 Å². The SMILES string of the molecule is C=CCCCCN1CCC(c2ccc(-c3cc(C(=O)O)cc4cc(-c5ccc(C(F)(F)F)cc5)ccc34)cc2)CC1. The van der Waals surface area contributed by atoms with Crippen LogP contribution in [0.4, 0.5) is 13.2 Å². The van der Waals surface area contributed by atoms with Gasteiger partial charge >= 0.3 is 12.1 Å². The van der Waals surface area contributed by atoms with Crippen LogP contribution in [0, 0.1) is 0 Å². The van der Waals surface area contributed by atoms with Crippen molar-refractivity contribution in [3.8, 4) is 22.3 Å². The third-order valence-electron chi connectivity index (χ3n) is 8.16. The second kappa shape index (κ2) is 12.3. The number of halogens is 3. The van der Waals surface area contributed by atoms with E-state index in [-0.39, 0.29) is 5.56 Å². The van der Waals surface area contributed by atoms with Crippen LogP contribution in [-0.4, -0.2) is 35.6 Å². The Morgan fingerprint density at radius 2 is 1.54 bits per heavy atom. The molecule has 0 radical (unpaired) electrons. The maximum absolute atomic E-state index is 13.0. The lowest BCUT2D eigenvalue weighted by molar-refractivity contribution is -0.137. The lowest BCUT2D eigenvalue weighted by Gasteiger charge is -2.32. The van der Waals surface area contributed by atoms with Crippen LogP contribution < -0.4 is 0 Å². The molecule has 6 heteroatoms. The predicted molar refractivity (Wildman–Crippen MR) is 159 cm³/mol. The fourth-order valence-electron chi connectivity index (χ4n) is 5.81. The van der Waals surface area contributed by atoms with E-state index in [2.05, 4.69) is 35.7 Å². The smallest absolute Gasteiger partial charge is 0.416 e. The summed E-state index contributed by atoms with van der Waals surface area (Å²) in [7, 11) is 0. The van der Waals surface area contributed by atoms with E-state index < -0.39 is 17.7 Å². The number of carboxylic acids is 1. The second-order valence-electron chi connectivity index (χ2n) is 10.9. The van der Waals surface area contributed by atoms with Gasteiger partial charge in [0.25, 0.3) is 0 Å². The van der Waals surface area contributed by atoms with Crippen LogP contribution in [0.2, 0.25) is 0 Å². The number of carboxylic acid groups (broad SMARTS) is 1. The molecule has 41 heavy (non-hydrogen) atoms. The van der Waals surface area contributed by atoms with Crippen molar-refractivity contribution in [1.29, 1.82) is 0 Å². The summed E-state index contributed by atoms with van der Waals surface area (Å²) < 4.78 is 39.0. The average molecular weight is 558 g/mol. The first-order valence-corrected chi connectivity index (χ1v) is 14.2. The van der Waals surface area contributed by atoms with Crippen molar-refractivity contribution in [3.05, 3.63) is 108 Å². The highest BCUT2D eigenvalue weighted by atomic mass is 19.4. The molecule has 0 atom stereocenters. The summed E-state index contributed by atoms with van der Waals surface area (Å²) >= 11 is 0. The van der Waals surface area contributed by atoms with Crippen molar-refractivity contribution in [3.63, 3.8) is 0 Å². The van der Waals surface area contributed by atoms with Gasteiger partial charge < -0.3 is 10.0 Å². The van der Waals surface area contributed by atoms with E-state index >= 15 is 0 Å². The van der Waals surface area contributed by atoms with E-state index in [9.17, 15) is 23.1 Å². The van der Waals surface area contributed by atoms with Gasteiger partial charge in [-0.15, -0.1) is 6.58 Å². The van der Waals surface area contributed by atoms with E-state index in [1.807, 2.05) is 24.3 Å². The summed E-state index contributed by atoms with van der Waals surface area (Å²) in [5.41, 5.74) is 3.88. The van der Waals surface area contributed by atoms with Gasteiger partial charge in [0.1, 0.15) is 0 Å². The lowest BCUT2D eigenvalue weighted by atomic mass is 9.87. The monoisotopic (exact) mass is 557 g/mol. The van der Waals surface area contributed by atoms with Crippen molar-refractivity contribution in [2.24, 2.45) is 0 Å². The van der Waals surface area contributed by atoms with Crippen LogP contribution in [-0.2, 0) is 6.18 Å². The lowest BCUT2D eigenvalue weighted by Crippen LogP contribution is -2.33. The van der Waals surface area contributed by atoms with E-state index in [0.29, 0.717) is 11.5 Å². The van der Waals surface area contributed by atoms with E-state index in [1.165, 1.54) is 30.5 Å². The minimum absolute atomic E-state index is 0.168. The molecular formula is C35H34F3NO2. The number of piperidine rings is 1. The molecule has 1 aliphatic rings. The van der Waals surface area contributed by atoms with Gasteiger partial charge in [-0.3, -0.25) is 0 Å². The highest BCUT2D eigenvalue weighted by molar-refractivity contribution is 6.04. The van der Waals surface area contributed by atoms with Crippen LogP contribution in [0.15, 0.2) is 91.5 Å². The molecule has 0 aromatic heterocycles. The quantitative estimate of drug-likeness (QED) is 0.165. The van der Waals surface area contributed by atoms with Crippen molar-refractivity contribution < 1.29 is 23.1 Å². The Kier molecular flexibility index (Phi) is 8.60. The first kappa shape index (κ1) is 28.6. The zero-order chi connectivity index (χ0) is 29.0. The topological polar surface area (TPSA) is 40.5 Å². The first-order valence-electron chi connectivity index (χ1n) is 14.2. The Morgan fingerprint density at radius 1 is 0.878 bits per heavy atom. The zero-order valence-corrected chi connectivity index (χ0v) is 23.0. The van der Waals surface area contributed by atoms with Crippen molar-refractivity contribution in [2.75, 3.05) is 19.6 Å². The summed E-state index contributed by atoms with van der Waals surface area (Å²) in [6.07, 6.45) is 3.33. The van der Waals surface area contributed by atoms with Gasteiger partial charge in [-0.25, -0.2) is 4.79 Å². The molecule has 1 aliphatic heterocycles. The van der Waals surface area contributed by atoms with Crippen LogP contribution in [0.3, 0.4) is 0 Å². The number of likely N-dealkylation sites (tertiary alicyclic amines) is 1. The minimum Gasteiger partial charge on any atom is -0.478 e. The van der Waals surface area contributed by atoms with Gasteiger partial charge in [0, 0.05) is 0 Å². The van der Waals surface area contributed by atoms with Crippen LogP contribution in [0.25, 0.3) is 33.0 Å². The third-order valence-corrected chi connectivity index (χ3v) is 8.16. The molecule has 1 saturated heterocycles. The number of hydrogen-bond acceptors (Lipinski definition) is 2. The molecule has 4 aromatic rings. The highest BCUT2D eigenvalue weighted by Gasteiger charge is 2.30. The average Bonchev–Trinajstić information content (AvgIpc) is 2.98. The van der Waals surface area contributed by atoms with E-state index in [4.69, 9.17) is 0 Å². The first-order chi connectivity index (χ1) is 19.7. The van der Waals surface area contributed by atoms with Gasteiger partial charge in [0.05, 0.1) is 11.1 Å². The van der Waals surface area contributed by atoms with Gasteiger partial charge in [0.15, 0.2) is 0 Å². The normalized spacial score (nSPS) is 14.8. The number of fused-ring (bicyclic) bond motifs is 1. The van der Waals surface area contributed by atoms with Crippen LogP contribution in [0.5, 0.6) is 0 Å². The Morgan fingerprint density at radius 3 is 2.17 bits per heavy atom. The number of alkyl halides is 3. The standard InChI is InChI=1S/C35H34F3NO2/c1-2-3-4-5-18-39-19-16-26(17-20-39)24-6-8-27(9-7-24)33-23-30(34(40)41)22-29-21-28(12-15-32(29)33)25-10-13-31(14-11-25)35(36,37)38/h2,6-15,21-23,26H,1,3-5,16-20H2,(H,40,41). The zero-order valence-electron chi connectivity index (χ0n) is 23.0. The van der Waals surface area contributed by atoms with Crippen molar-refractivity contribution >= 4 is 16.7 Å². The highest BCUT2D eigenvalue weighted by Crippen LogP contribution is 2.36. The number of carbonyl (C=O) groups is 1. The number of rotatable bonds is 9. The molecule has 5 rings (SSSR count). The maximum Gasteiger partial charge on any atom is 0.416 e. The van der Waals surface area contributed by atoms with E-state index in [0.717, 1.165) is 78.5 Å².